The van der Waals surface area contributed by atoms with Gasteiger partial charge in [0, 0.05) is 10.0 Å². The molecule has 0 unspecified atom stereocenters. The molecule has 1 heterocycles. The molecule has 0 amide bonds. The highest BCUT2D eigenvalue weighted by molar-refractivity contribution is 9.10. The molecule has 1 nitrogen and oxygen atoms in total. The van der Waals surface area contributed by atoms with E-state index in [0.29, 0.717) is 5.56 Å². The van der Waals surface area contributed by atoms with Crippen LogP contribution in [0.3, 0.4) is 0 Å². The molecule has 1 aromatic heterocycles. The van der Waals surface area contributed by atoms with Gasteiger partial charge in [-0.3, -0.25) is 0 Å². The summed E-state index contributed by atoms with van der Waals surface area (Å²) in [6.45, 7) is 0. The molecule has 15 heavy (non-hydrogen) atoms. The van der Waals surface area contributed by atoms with Crippen molar-refractivity contribution in [1.82, 2.24) is 4.98 Å². The second-order valence-electron chi connectivity index (χ2n) is 2.98. The minimum Gasteiger partial charge on any atom is -0.190 e. The summed E-state index contributed by atoms with van der Waals surface area (Å²) in [5, 5.41) is 0. The zero-order valence-electron chi connectivity index (χ0n) is 7.55. The van der Waals surface area contributed by atoms with Crippen LogP contribution >= 0.6 is 15.9 Å². The van der Waals surface area contributed by atoms with E-state index in [1.54, 1.807) is 18.2 Å². The quantitative estimate of drug-likeness (QED) is 0.718. The summed E-state index contributed by atoms with van der Waals surface area (Å²) >= 11 is 3.28. The Labute approximate surface area is 93.9 Å². The first-order valence-corrected chi connectivity index (χ1v) is 5.04. The van der Waals surface area contributed by atoms with E-state index in [9.17, 15) is 8.78 Å². The van der Waals surface area contributed by atoms with Crippen LogP contribution in [0.25, 0.3) is 11.1 Å². The summed E-state index contributed by atoms with van der Waals surface area (Å²) in [5.74, 6) is -1.61. The van der Waals surface area contributed by atoms with Gasteiger partial charge in [0.15, 0.2) is 0 Å². The third-order valence-corrected chi connectivity index (χ3v) is 2.44. The van der Waals surface area contributed by atoms with E-state index in [4.69, 9.17) is 0 Å². The second-order valence-corrected chi connectivity index (χ2v) is 3.90. The van der Waals surface area contributed by atoms with Gasteiger partial charge in [-0.2, -0.15) is 13.8 Å². The number of aromatic nitrogens is 1. The summed E-state index contributed by atoms with van der Waals surface area (Å²) in [7, 11) is 0. The van der Waals surface area contributed by atoms with E-state index in [1.807, 2.05) is 6.07 Å². The van der Waals surface area contributed by atoms with E-state index in [1.165, 1.54) is 6.07 Å². The molecule has 4 heteroatoms. The normalized spacial score (nSPS) is 10.3. The molecule has 0 aliphatic rings. The van der Waals surface area contributed by atoms with Crippen LogP contribution < -0.4 is 0 Å². The predicted molar refractivity (Wildman–Crippen MR) is 57.3 cm³/mol. The first-order chi connectivity index (χ1) is 7.16. The molecule has 0 saturated heterocycles. The van der Waals surface area contributed by atoms with Gasteiger partial charge in [0.05, 0.1) is 0 Å². The third kappa shape index (κ3) is 2.21. The lowest BCUT2D eigenvalue weighted by Crippen LogP contribution is -1.91. The number of hydrogen-bond donors (Lipinski definition) is 0. The van der Waals surface area contributed by atoms with E-state index in [2.05, 4.69) is 20.9 Å². The largest absolute Gasteiger partial charge is 0.223 e. The highest BCUT2D eigenvalue weighted by atomic mass is 79.9. The van der Waals surface area contributed by atoms with Gasteiger partial charge in [-0.25, -0.2) is 0 Å². The van der Waals surface area contributed by atoms with Gasteiger partial charge in [0.2, 0.25) is 11.9 Å². The van der Waals surface area contributed by atoms with Crippen LogP contribution in [0.5, 0.6) is 0 Å². The molecule has 1 aromatic carbocycles. The van der Waals surface area contributed by atoms with Crippen molar-refractivity contribution in [3.63, 3.8) is 0 Å². The van der Waals surface area contributed by atoms with Crippen LogP contribution in [0.4, 0.5) is 8.78 Å². The molecule has 2 aromatic rings. The standard InChI is InChI=1S/C11H6BrF2N/c12-8-3-1-2-7(6-8)9-4-5-10(13)15-11(9)14/h1-6H. The van der Waals surface area contributed by atoms with Crippen molar-refractivity contribution in [2.24, 2.45) is 0 Å². The number of benzene rings is 1. The summed E-state index contributed by atoms with van der Waals surface area (Å²) in [6, 6.07) is 9.61. The molecule has 0 aliphatic carbocycles. The van der Waals surface area contributed by atoms with Gasteiger partial charge in [-0.05, 0) is 29.8 Å². The Hall–Kier alpha value is -1.29. The van der Waals surface area contributed by atoms with Gasteiger partial charge in [-0.1, -0.05) is 28.1 Å². The lowest BCUT2D eigenvalue weighted by Gasteiger charge is -2.02. The SMILES string of the molecule is Fc1ccc(-c2cccc(Br)c2)c(F)n1. The summed E-state index contributed by atoms with van der Waals surface area (Å²) in [6.07, 6.45) is 0. The van der Waals surface area contributed by atoms with Crippen molar-refractivity contribution in [1.29, 1.82) is 0 Å². The van der Waals surface area contributed by atoms with Crippen molar-refractivity contribution in [2.75, 3.05) is 0 Å². The predicted octanol–water partition coefficient (Wildman–Crippen LogP) is 3.79. The molecule has 2 rings (SSSR count). The van der Waals surface area contributed by atoms with Crippen LogP contribution in [-0.4, -0.2) is 4.98 Å². The molecule has 0 saturated carbocycles. The minimum absolute atomic E-state index is 0.290. The maximum atomic E-state index is 13.3. The van der Waals surface area contributed by atoms with Crippen LogP contribution in [0.15, 0.2) is 40.9 Å². The molecule has 0 radical (unpaired) electrons. The number of pyridine rings is 1. The van der Waals surface area contributed by atoms with Crippen LogP contribution in [0.2, 0.25) is 0 Å². The monoisotopic (exact) mass is 269 g/mol. The Morgan fingerprint density at radius 2 is 1.87 bits per heavy atom. The topological polar surface area (TPSA) is 12.9 Å². The van der Waals surface area contributed by atoms with Crippen molar-refractivity contribution < 1.29 is 8.78 Å². The van der Waals surface area contributed by atoms with E-state index >= 15 is 0 Å². The summed E-state index contributed by atoms with van der Waals surface area (Å²) < 4.78 is 26.7. The Balaban J connectivity index is 2.54. The van der Waals surface area contributed by atoms with Crippen molar-refractivity contribution in [3.8, 4) is 11.1 Å². The molecule has 76 valence electrons. The number of rotatable bonds is 1. The van der Waals surface area contributed by atoms with E-state index in [0.717, 1.165) is 10.5 Å². The fourth-order valence-corrected chi connectivity index (χ4v) is 1.68. The van der Waals surface area contributed by atoms with Crippen LogP contribution in [0, 0.1) is 11.9 Å². The highest BCUT2D eigenvalue weighted by Crippen LogP contribution is 2.24. The molecule has 0 aliphatic heterocycles. The molecule has 0 N–H and O–H groups in total. The fraction of sp³-hybridized carbons (Fsp3) is 0. The van der Waals surface area contributed by atoms with Crippen molar-refractivity contribution >= 4 is 15.9 Å². The van der Waals surface area contributed by atoms with Gasteiger partial charge in [0.1, 0.15) is 0 Å². The number of nitrogens with zero attached hydrogens (tertiary/aromatic N) is 1. The molecular weight excluding hydrogens is 264 g/mol. The first kappa shape index (κ1) is 10.2. The zero-order chi connectivity index (χ0) is 10.8. The molecule has 0 fully saturated rings. The average Bonchev–Trinajstić information content (AvgIpc) is 2.17. The summed E-state index contributed by atoms with van der Waals surface area (Å²) in [4.78, 5) is 3.13. The molecule has 0 bridgehead atoms. The molecule has 0 atom stereocenters. The number of halogens is 3. The van der Waals surface area contributed by atoms with Crippen LogP contribution in [-0.2, 0) is 0 Å². The Morgan fingerprint density at radius 3 is 2.53 bits per heavy atom. The van der Waals surface area contributed by atoms with Gasteiger partial charge in [0.25, 0.3) is 0 Å². The number of hydrogen-bond acceptors (Lipinski definition) is 1. The minimum atomic E-state index is -0.814. The fourth-order valence-electron chi connectivity index (χ4n) is 1.28. The van der Waals surface area contributed by atoms with Gasteiger partial charge >= 0.3 is 0 Å². The Morgan fingerprint density at radius 1 is 1.07 bits per heavy atom. The lowest BCUT2D eigenvalue weighted by molar-refractivity contribution is 0.515. The smallest absolute Gasteiger partial charge is 0.190 e. The van der Waals surface area contributed by atoms with E-state index < -0.39 is 11.9 Å². The maximum Gasteiger partial charge on any atom is 0.223 e. The third-order valence-electron chi connectivity index (χ3n) is 1.95. The molecular formula is C11H6BrF2N. The highest BCUT2D eigenvalue weighted by Gasteiger charge is 2.07. The summed E-state index contributed by atoms with van der Waals surface area (Å²) in [5.41, 5.74) is 0.951. The van der Waals surface area contributed by atoms with Crippen molar-refractivity contribution in [2.45, 2.75) is 0 Å². The van der Waals surface area contributed by atoms with Crippen LogP contribution in [0.1, 0.15) is 0 Å². The maximum absolute atomic E-state index is 13.3. The first-order valence-electron chi connectivity index (χ1n) is 4.25. The lowest BCUT2D eigenvalue weighted by atomic mass is 10.1. The van der Waals surface area contributed by atoms with E-state index in [-0.39, 0.29) is 5.56 Å². The Kier molecular flexibility index (Phi) is 2.77. The average molecular weight is 270 g/mol. The second kappa shape index (κ2) is 4.06. The zero-order valence-corrected chi connectivity index (χ0v) is 9.13. The van der Waals surface area contributed by atoms with Gasteiger partial charge in [-0.15, -0.1) is 0 Å². The molecule has 0 spiro atoms. The van der Waals surface area contributed by atoms with Gasteiger partial charge < -0.3 is 0 Å². The Bertz CT molecular complexity index is 500. The van der Waals surface area contributed by atoms with Crippen molar-refractivity contribution in [3.05, 3.63) is 52.8 Å².